The third kappa shape index (κ3) is 4.39. The van der Waals surface area contributed by atoms with Crippen molar-refractivity contribution in [2.24, 2.45) is 5.92 Å². The molecule has 4 rings (SSSR count). The van der Waals surface area contributed by atoms with Gasteiger partial charge in [-0.1, -0.05) is 11.6 Å². The van der Waals surface area contributed by atoms with Crippen LogP contribution in [0.3, 0.4) is 0 Å². The Labute approximate surface area is 191 Å². The van der Waals surface area contributed by atoms with Gasteiger partial charge in [-0.3, -0.25) is 14.4 Å². The molecule has 1 aromatic carbocycles. The Morgan fingerprint density at radius 3 is 2.56 bits per heavy atom. The number of nitrogens with one attached hydrogen (secondary N) is 2. The van der Waals surface area contributed by atoms with Crippen LogP contribution in [0.1, 0.15) is 58.4 Å². The van der Waals surface area contributed by atoms with Crippen molar-refractivity contribution in [2.45, 2.75) is 59.1 Å². The summed E-state index contributed by atoms with van der Waals surface area (Å²) < 4.78 is 12.2. The van der Waals surface area contributed by atoms with E-state index in [9.17, 15) is 14.4 Å². The number of fused-ring (bicyclic) bond motifs is 1. The molecule has 0 radical (unpaired) electrons. The quantitative estimate of drug-likeness (QED) is 0.726. The molecule has 2 heterocycles. The van der Waals surface area contributed by atoms with Crippen LogP contribution in [0.4, 0.5) is 0 Å². The molecular weight excluding hydrogens is 432 g/mol. The smallest absolute Gasteiger partial charge is 0.253 e. The van der Waals surface area contributed by atoms with E-state index in [1.54, 1.807) is 13.0 Å². The molecule has 1 amide bonds. The predicted molar refractivity (Wildman–Crippen MR) is 121 cm³/mol. The number of pyridine rings is 1. The lowest BCUT2D eigenvalue weighted by Crippen LogP contribution is -2.38. The predicted octanol–water partition coefficient (Wildman–Crippen LogP) is 3.78. The number of hydrogen-bond donors (Lipinski definition) is 2. The molecule has 2 aliphatic rings. The average molecular weight is 459 g/mol. The van der Waals surface area contributed by atoms with Crippen molar-refractivity contribution >= 4 is 23.3 Å². The van der Waals surface area contributed by atoms with Crippen LogP contribution in [0.2, 0.25) is 5.02 Å². The highest BCUT2D eigenvalue weighted by molar-refractivity contribution is 6.32. The second kappa shape index (κ2) is 8.98. The molecule has 170 valence electrons. The van der Waals surface area contributed by atoms with E-state index in [1.807, 2.05) is 19.9 Å². The van der Waals surface area contributed by atoms with Crippen LogP contribution < -0.4 is 20.3 Å². The van der Waals surface area contributed by atoms with Gasteiger partial charge in [-0.2, -0.15) is 0 Å². The van der Waals surface area contributed by atoms with Gasteiger partial charge in [-0.25, -0.2) is 0 Å². The van der Waals surface area contributed by atoms with Crippen molar-refractivity contribution in [1.82, 2.24) is 10.3 Å². The van der Waals surface area contributed by atoms with Gasteiger partial charge in [0.1, 0.15) is 18.5 Å². The van der Waals surface area contributed by atoms with Crippen LogP contribution in [0.5, 0.6) is 11.5 Å². The molecule has 1 saturated carbocycles. The first-order valence-corrected chi connectivity index (χ1v) is 11.2. The van der Waals surface area contributed by atoms with Crippen molar-refractivity contribution < 1.29 is 19.1 Å². The molecule has 1 unspecified atom stereocenters. The molecule has 32 heavy (non-hydrogen) atoms. The molecule has 2 N–H and O–H groups in total. The van der Waals surface area contributed by atoms with Gasteiger partial charge in [0, 0.05) is 47.7 Å². The van der Waals surface area contributed by atoms with Gasteiger partial charge in [-0.05, 0) is 51.3 Å². The fourth-order valence-electron chi connectivity index (χ4n) is 4.50. The lowest BCUT2D eigenvalue weighted by molar-refractivity contribution is -0.121. The Hall–Kier alpha value is -2.80. The summed E-state index contributed by atoms with van der Waals surface area (Å²) in [6.07, 6.45) is 2.51. The highest BCUT2D eigenvalue weighted by atomic mass is 35.5. The topological polar surface area (TPSA) is 97.5 Å². The van der Waals surface area contributed by atoms with Crippen molar-refractivity contribution in [2.75, 3.05) is 6.61 Å². The number of halogens is 1. The van der Waals surface area contributed by atoms with Crippen molar-refractivity contribution in [3.8, 4) is 11.5 Å². The van der Waals surface area contributed by atoms with E-state index in [0.717, 1.165) is 24.1 Å². The number of aromatic amines is 1. The van der Waals surface area contributed by atoms with Crippen LogP contribution in [-0.2, 0) is 11.3 Å². The van der Waals surface area contributed by atoms with E-state index in [4.69, 9.17) is 21.1 Å². The Morgan fingerprint density at radius 2 is 1.88 bits per heavy atom. The van der Waals surface area contributed by atoms with E-state index < -0.39 is 0 Å². The average Bonchev–Trinajstić information content (AvgIpc) is 2.75. The Kier molecular flexibility index (Phi) is 6.29. The van der Waals surface area contributed by atoms with Gasteiger partial charge in [0.25, 0.3) is 11.5 Å². The van der Waals surface area contributed by atoms with Crippen LogP contribution >= 0.6 is 11.6 Å². The van der Waals surface area contributed by atoms with Crippen LogP contribution in [0.25, 0.3) is 0 Å². The van der Waals surface area contributed by atoms with Gasteiger partial charge in [0.2, 0.25) is 0 Å². The number of ether oxygens (including phenoxy) is 2. The Bertz CT molecular complexity index is 1130. The number of amides is 1. The molecule has 8 heteroatoms. The number of rotatable bonds is 4. The minimum Gasteiger partial charge on any atom is -0.484 e. The number of H-pyrrole nitrogens is 1. The fraction of sp³-hybridized carbons (Fsp3) is 0.458. The molecule has 1 aliphatic carbocycles. The second-order valence-corrected chi connectivity index (χ2v) is 9.07. The number of carbonyl (C=O) groups is 2. The molecular formula is C24H27ClN2O5. The minimum absolute atomic E-state index is 0.102. The van der Waals surface area contributed by atoms with E-state index in [0.29, 0.717) is 58.4 Å². The van der Waals surface area contributed by atoms with Gasteiger partial charge in [0.05, 0.1) is 5.02 Å². The number of aryl methyl sites for hydroxylation is 2. The molecule has 1 aliphatic heterocycles. The summed E-state index contributed by atoms with van der Waals surface area (Å²) in [7, 11) is 0. The van der Waals surface area contributed by atoms with Gasteiger partial charge in [-0.15, -0.1) is 0 Å². The maximum absolute atomic E-state index is 13.0. The molecule has 1 aromatic heterocycles. The zero-order chi connectivity index (χ0) is 23.0. The maximum Gasteiger partial charge on any atom is 0.253 e. The highest BCUT2D eigenvalue weighted by Crippen LogP contribution is 2.44. The molecule has 0 bridgehead atoms. The SMILES string of the molecule is Cc1cc(C)c(CNC(=O)c2cc(Cl)c3c(c2C)OC(C2CCC(=O)CC2)CO3)c(=O)[nH]1. The van der Waals surface area contributed by atoms with E-state index in [-0.39, 0.29) is 30.0 Å². The van der Waals surface area contributed by atoms with Crippen LogP contribution in [0, 0.1) is 26.7 Å². The zero-order valence-electron chi connectivity index (χ0n) is 18.5. The monoisotopic (exact) mass is 458 g/mol. The summed E-state index contributed by atoms with van der Waals surface area (Å²) >= 11 is 6.42. The van der Waals surface area contributed by atoms with E-state index in [1.165, 1.54) is 0 Å². The van der Waals surface area contributed by atoms with Gasteiger partial charge in [0.15, 0.2) is 11.5 Å². The summed E-state index contributed by atoms with van der Waals surface area (Å²) in [5.74, 6) is 1.09. The van der Waals surface area contributed by atoms with Crippen molar-refractivity contribution in [3.05, 3.63) is 55.5 Å². The summed E-state index contributed by atoms with van der Waals surface area (Å²) in [6.45, 7) is 5.92. The first-order valence-electron chi connectivity index (χ1n) is 10.9. The number of ketones is 1. The normalized spacial score (nSPS) is 18.5. The molecule has 1 atom stereocenters. The second-order valence-electron chi connectivity index (χ2n) is 8.66. The van der Waals surface area contributed by atoms with Crippen molar-refractivity contribution in [1.29, 1.82) is 0 Å². The Balaban J connectivity index is 1.54. The maximum atomic E-state index is 13.0. The summed E-state index contributed by atoms with van der Waals surface area (Å²) in [4.78, 5) is 39.5. The van der Waals surface area contributed by atoms with Gasteiger partial charge >= 0.3 is 0 Å². The first kappa shape index (κ1) is 22.4. The number of hydrogen-bond acceptors (Lipinski definition) is 5. The van der Waals surface area contributed by atoms with Gasteiger partial charge < -0.3 is 19.8 Å². The summed E-state index contributed by atoms with van der Waals surface area (Å²) in [5.41, 5.74) is 2.89. The number of benzene rings is 1. The largest absolute Gasteiger partial charge is 0.484 e. The lowest BCUT2D eigenvalue weighted by Gasteiger charge is -2.35. The molecule has 1 fully saturated rings. The molecule has 2 aromatic rings. The van der Waals surface area contributed by atoms with E-state index >= 15 is 0 Å². The standard InChI is InChI=1S/C24H27ClN2O5/c1-12-8-13(2)27-24(30)18(12)10-26-23(29)17-9-19(25)22-21(14(17)3)32-20(11-31-22)15-4-6-16(28)7-5-15/h8-9,15,20H,4-7,10-11H2,1-3H3,(H,26,29)(H,27,30). The summed E-state index contributed by atoms with van der Waals surface area (Å²) in [6, 6.07) is 3.44. The summed E-state index contributed by atoms with van der Waals surface area (Å²) in [5, 5.41) is 3.12. The molecule has 0 saturated heterocycles. The van der Waals surface area contributed by atoms with Crippen molar-refractivity contribution in [3.63, 3.8) is 0 Å². The molecule has 0 spiro atoms. The third-order valence-corrected chi connectivity index (χ3v) is 6.66. The lowest BCUT2D eigenvalue weighted by atomic mass is 9.84. The van der Waals surface area contributed by atoms with Crippen LogP contribution in [-0.4, -0.2) is 29.4 Å². The number of Topliss-reactive ketones (excluding diaryl/α,β-unsaturated/α-hetero) is 1. The number of carbonyl (C=O) groups excluding carboxylic acids is 2. The zero-order valence-corrected chi connectivity index (χ0v) is 19.2. The van der Waals surface area contributed by atoms with E-state index in [2.05, 4.69) is 10.3 Å². The van der Waals surface area contributed by atoms with Crippen LogP contribution in [0.15, 0.2) is 16.9 Å². The fourth-order valence-corrected chi connectivity index (χ4v) is 4.75. The minimum atomic E-state index is -0.347. The number of aromatic nitrogens is 1. The first-order chi connectivity index (χ1) is 15.2. The molecule has 7 nitrogen and oxygen atoms in total. The third-order valence-electron chi connectivity index (χ3n) is 6.38. The highest BCUT2D eigenvalue weighted by Gasteiger charge is 2.34. The Morgan fingerprint density at radius 1 is 1.16 bits per heavy atom.